The van der Waals surface area contributed by atoms with Crippen LogP contribution in [0.2, 0.25) is 0 Å². The zero-order valence-corrected chi connectivity index (χ0v) is 15.4. The van der Waals surface area contributed by atoms with E-state index < -0.39 is 10.8 Å². The molecule has 0 bridgehead atoms. The average Bonchev–Trinajstić information content (AvgIpc) is 2.65. The highest BCUT2D eigenvalue weighted by Gasteiger charge is 2.23. The molecule has 1 N–H and O–H groups in total. The van der Waals surface area contributed by atoms with Gasteiger partial charge >= 0.3 is 0 Å². The number of benzene rings is 3. The number of carbonyl (C=O) groups is 1. The van der Waals surface area contributed by atoms with Crippen LogP contribution in [0.25, 0.3) is 0 Å². The van der Waals surface area contributed by atoms with Gasteiger partial charge in [0.05, 0.1) is 5.25 Å². The highest BCUT2D eigenvalue weighted by Crippen LogP contribution is 2.28. The van der Waals surface area contributed by atoms with Gasteiger partial charge in [-0.05, 0) is 30.2 Å². The van der Waals surface area contributed by atoms with Crippen LogP contribution in [0, 0.1) is 6.92 Å². The molecule has 1 atom stereocenters. The van der Waals surface area contributed by atoms with Crippen molar-refractivity contribution in [2.75, 3.05) is 11.1 Å². The van der Waals surface area contributed by atoms with E-state index in [1.807, 2.05) is 91.9 Å². The second-order valence-electron chi connectivity index (χ2n) is 6.14. The normalized spacial score (nSPS) is 11.9. The van der Waals surface area contributed by atoms with Crippen LogP contribution in [-0.2, 0) is 15.6 Å². The lowest BCUT2D eigenvalue weighted by atomic mass is 10.0. The molecule has 1 amide bonds. The van der Waals surface area contributed by atoms with E-state index in [0.717, 1.165) is 16.7 Å². The molecule has 0 radical (unpaired) electrons. The third kappa shape index (κ3) is 4.67. The molecule has 3 nitrogen and oxygen atoms in total. The molecule has 1 unspecified atom stereocenters. The van der Waals surface area contributed by atoms with Crippen LogP contribution in [0.5, 0.6) is 0 Å². The molecule has 4 heteroatoms. The number of amides is 1. The molecule has 0 saturated heterocycles. The summed E-state index contributed by atoms with van der Waals surface area (Å²) >= 11 is 0. The van der Waals surface area contributed by atoms with Gasteiger partial charge in [-0.1, -0.05) is 78.4 Å². The minimum atomic E-state index is -1.38. The summed E-state index contributed by atoms with van der Waals surface area (Å²) in [7, 11) is -1.38. The van der Waals surface area contributed by atoms with E-state index in [1.54, 1.807) is 0 Å². The number of hydrogen-bond donors (Lipinski definition) is 1. The molecule has 0 aliphatic heterocycles. The maximum atomic E-state index is 13.0. The Kier molecular flexibility index (Phi) is 5.97. The quantitative estimate of drug-likeness (QED) is 0.702. The second kappa shape index (κ2) is 8.59. The first kappa shape index (κ1) is 18.1. The summed E-state index contributed by atoms with van der Waals surface area (Å²) in [5, 5.41) is 2.49. The highest BCUT2D eigenvalue weighted by atomic mass is 32.2. The molecule has 0 aliphatic carbocycles. The summed E-state index contributed by atoms with van der Waals surface area (Å²) in [6.07, 6.45) is 0. The first-order valence-electron chi connectivity index (χ1n) is 8.47. The number of carbonyl (C=O) groups excluding carboxylic acids is 1. The summed E-state index contributed by atoms with van der Waals surface area (Å²) in [5.74, 6) is -0.299. The van der Waals surface area contributed by atoms with Crippen LogP contribution < -0.4 is 5.32 Å². The van der Waals surface area contributed by atoms with E-state index in [4.69, 9.17) is 0 Å². The minimum Gasteiger partial charge on any atom is -0.325 e. The molecule has 0 spiro atoms. The van der Waals surface area contributed by atoms with Gasteiger partial charge in [-0.25, -0.2) is 0 Å². The Morgan fingerprint density at radius 2 is 1.35 bits per heavy atom. The van der Waals surface area contributed by atoms with E-state index in [0.29, 0.717) is 5.69 Å². The van der Waals surface area contributed by atoms with Gasteiger partial charge in [0.25, 0.3) is 0 Å². The van der Waals surface area contributed by atoms with Crippen LogP contribution in [-0.4, -0.2) is 15.9 Å². The van der Waals surface area contributed by atoms with Gasteiger partial charge in [-0.2, -0.15) is 0 Å². The van der Waals surface area contributed by atoms with E-state index in [-0.39, 0.29) is 16.9 Å². The van der Waals surface area contributed by atoms with E-state index >= 15 is 0 Å². The molecular formula is C22H21NO2S. The van der Waals surface area contributed by atoms with Gasteiger partial charge in [-0.15, -0.1) is 0 Å². The summed E-state index contributed by atoms with van der Waals surface area (Å²) in [4.78, 5) is 12.4. The number of nitrogens with one attached hydrogen (secondary N) is 1. The van der Waals surface area contributed by atoms with Crippen molar-refractivity contribution in [2.45, 2.75) is 12.2 Å². The Hall–Kier alpha value is -2.72. The lowest BCUT2D eigenvalue weighted by Gasteiger charge is -2.17. The number of anilines is 1. The Balaban J connectivity index is 1.77. The third-order valence-electron chi connectivity index (χ3n) is 4.08. The molecule has 132 valence electrons. The summed E-state index contributed by atoms with van der Waals surface area (Å²) in [5.41, 5.74) is 3.73. The van der Waals surface area contributed by atoms with Crippen molar-refractivity contribution in [3.63, 3.8) is 0 Å². The second-order valence-corrected chi connectivity index (χ2v) is 7.66. The van der Waals surface area contributed by atoms with Crippen molar-refractivity contribution in [2.24, 2.45) is 0 Å². The van der Waals surface area contributed by atoms with Crippen molar-refractivity contribution in [1.29, 1.82) is 0 Å². The summed E-state index contributed by atoms with van der Waals surface area (Å²) in [6.45, 7) is 1.99. The molecule has 3 rings (SSSR count). The van der Waals surface area contributed by atoms with E-state index in [1.165, 1.54) is 0 Å². The largest absolute Gasteiger partial charge is 0.325 e. The average molecular weight is 363 g/mol. The van der Waals surface area contributed by atoms with Crippen LogP contribution >= 0.6 is 0 Å². The van der Waals surface area contributed by atoms with Gasteiger partial charge in [-0.3, -0.25) is 9.00 Å². The smallest absolute Gasteiger partial charge is 0.237 e. The van der Waals surface area contributed by atoms with Crippen LogP contribution in [0.1, 0.15) is 21.9 Å². The van der Waals surface area contributed by atoms with Crippen molar-refractivity contribution in [3.05, 3.63) is 102 Å². The van der Waals surface area contributed by atoms with E-state index in [9.17, 15) is 9.00 Å². The molecule has 26 heavy (non-hydrogen) atoms. The molecule has 0 heterocycles. The monoisotopic (exact) mass is 363 g/mol. The molecule has 0 saturated carbocycles. The molecule has 0 fully saturated rings. The fourth-order valence-corrected chi connectivity index (χ4v) is 4.22. The Labute approximate surface area is 156 Å². The number of aryl methyl sites for hydroxylation is 1. The van der Waals surface area contributed by atoms with Crippen molar-refractivity contribution in [1.82, 2.24) is 0 Å². The van der Waals surface area contributed by atoms with Crippen LogP contribution in [0.15, 0.2) is 84.9 Å². The predicted octanol–water partition coefficient (Wildman–Crippen LogP) is 4.47. The summed E-state index contributed by atoms with van der Waals surface area (Å²) in [6, 6.07) is 26.9. The molecule has 3 aromatic carbocycles. The van der Waals surface area contributed by atoms with Gasteiger partial charge in [0.2, 0.25) is 5.91 Å². The Bertz CT molecular complexity index is 838. The minimum absolute atomic E-state index is 0.0532. The zero-order valence-electron chi connectivity index (χ0n) is 14.6. The lowest BCUT2D eigenvalue weighted by Crippen LogP contribution is -2.23. The first-order chi connectivity index (χ1) is 12.6. The lowest BCUT2D eigenvalue weighted by molar-refractivity contribution is -0.113. The highest BCUT2D eigenvalue weighted by molar-refractivity contribution is 7.86. The van der Waals surface area contributed by atoms with E-state index in [2.05, 4.69) is 5.32 Å². The Morgan fingerprint density at radius 1 is 0.846 bits per heavy atom. The molecule has 0 aromatic heterocycles. The van der Waals surface area contributed by atoms with Gasteiger partial charge in [0, 0.05) is 16.5 Å². The maximum Gasteiger partial charge on any atom is 0.237 e. The van der Waals surface area contributed by atoms with Crippen molar-refractivity contribution < 1.29 is 9.00 Å². The first-order valence-corrected chi connectivity index (χ1v) is 9.85. The van der Waals surface area contributed by atoms with Gasteiger partial charge < -0.3 is 5.32 Å². The SMILES string of the molecule is Cc1ccc(NC(=O)CS(=O)C(c2ccccc2)c2ccccc2)cc1. The van der Waals surface area contributed by atoms with Crippen molar-refractivity contribution >= 4 is 22.4 Å². The Morgan fingerprint density at radius 3 is 1.85 bits per heavy atom. The zero-order chi connectivity index (χ0) is 18.4. The third-order valence-corrected chi connectivity index (χ3v) is 5.69. The van der Waals surface area contributed by atoms with Gasteiger partial charge in [0.15, 0.2) is 0 Å². The summed E-state index contributed by atoms with van der Waals surface area (Å²) < 4.78 is 13.0. The fourth-order valence-electron chi connectivity index (χ4n) is 2.80. The standard InChI is InChI=1S/C22H21NO2S/c1-17-12-14-20(15-13-17)23-21(24)16-26(25)22(18-8-4-2-5-9-18)19-10-6-3-7-11-19/h2-15,22H,16H2,1H3,(H,23,24). The molecule has 3 aromatic rings. The topological polar surface area (TPSA) is 46.2 Å². The molecular weight excluding hydrogens is 342 g/mol. The number of rotatable bonds is 6. The maximum absolute atomic E-state index is 13.0. The van der Waals surface area contributed by atoms with Gasteiger partial charge in [0.1, 0.15) is 5.75 Å². The van der Waals surface area contributed by atoms with Crippen LogP contribution in [0.3, 0.4) is 0 Å². The predicted molar refractivity (Wildman–Crippen MR) is 108 cm³/mol. The number of hydrogen-bond acceptors (Lipinski definition) is 2. The van der Waals surface area contributed by atoms with Crippen LogP contribution in [0.4, 0.5) is 5.69 Å². The van der Waals surface area contributed by atoms with Crippen molar-refractivity contribution in [3.8, 4) is 0 Å². The fraction of sp³-hybridized carbons (Fsp3) is 0.136. The molecule has 0 aliphatic rings.